The molecule has 1 N–H and O–H groups in total. The molecule has 88 valence electrons. The van der Waals surface area contributed by atoms with Crippen molar-refractivity contribution in [2.75, 3.05) is 7.11 Å². The summed E-state index contributed by atoms with van der Waals surface area (Å²) in [5.74, 6) is -0.537. The van der Waals surface area contributed by atoms with Crippen LogP contribution in [-0.4, -0.2) is 18.2 Å². The number of benzene rings is 1. The topological polar surface area (TPSA) is 46.5 Å². The van der Waals surface area contributed by atoms with Crippen LogP contribution in [-0.2, 0) is 4.74 Å². The highest BCUT2D eigenvalue weighted by atomic mass is 32.1. The maximum absolute atomic E-state index is 11.4. The summed E-state index contributed by atoms with van der Waals surface area (Å²) in [5.41, 5.74) is 2.12. The number of aromatic hydroxyl groups is 1. The summed E-state index contributed by atoms with van der Waals surface area (Å²) in [5, 5.41) is 9.67. The van der Waals surface area contributed by atoms with Crippen LogP contribution in [0, 0.1) is 6.92 Å². The van der Waals surface area contributed by atoms with Crippen molar-refractivity contribution < 1.29 is 14.6 Å². The van der Waals surface area contributed by atoms with Gasteiger partial charge >= 0.3 is 5.97 Å². The molecule has 4 heteroatoms. The molecule has 3 nitrogen and oxygen atoms in total. The lowest BCUT2D eigenvalue weighted by Crippen LogP contribution is -1.97. The number of hydrogen-bond donors (Lipinski definition) is 1. The van der Waals surface area contributed by atoms with Crippen LogP contribution in [0.2, 0.25) is 0 Å². The van der Waals surface area contributed by atoms with Crippen molar-refractivity contribution in [3.63, 3.8) is 0 Å². The zero-order chi connectivity index (χ0) is 12.4. The lowest BCUT2D eigenvalue weighted by Gasteiger charge is -1.98. The fraction of sp³-hybridized carbons (Fsp3) is 0.154. The second-order valence-corrected chi connectivity index (χ2v) is 4.74. The van der Waals surface area contributed by atoms with Crippen LogP contribution in [0.3, 0.4) is 0 Å². The quantitative estimate of drug-likeness (QED) is 0.830. The van der Waals surface area contributed by atoms with Gasteiger partial charge in [0, 0.05) is 4.88 Å². The van der Waals surface area contributed by atoms with Crippen molar-refractivity contribution in [3.05, 3.63) is 40.8 Å². The summed E-state index contributed by atoms with van der Waals surface area (Å²) in [6.07, 6.45) is 0. The number of aryl methyl sites for hydroxylation is 1. The van der Waals surface area contributed by atoms with Crippen LogP contribution in [0.4, 0.5) is 0 Å². The molecule has 0 atom stereocenters. The molecule has 2 rings (SSSR count). The molecule has 0 amide bonds. The molecule has 0 spiro atoms. The third-order valence-electron chi connectivity index (χ3n) is 2.39. The molecule has 17 heavy (non-hydrogen) atoms. The fourth-order valence-electron chi connectivity index (χ4n) is 1.56. The van der Waals surface area contributed by atoms with Crippen molar-refractivity contribution in [3.8, 4) is 16.2 Å². The van der Waals surface area contributed by atoms with E-state index < -0.39 is 5.97 Å². The molecule has 0 radical (unpaired) electrons. The van der Waals surface area contributed by atoms with E-state index in [2.05, 4.69) is 4.74 Å². The molecule has 0 aliphatic carbocycles. The van der Waals surface area contributed by atoms with Gasteiger partial charge in [-0.05, 0) is 18.6 Å². The van der Waals surface area contributed by atoms with Crippen molar-refractivity contribution in [1.82, 2.24) is 0 Å². The number of rotatable bonds is 2. The average molecular weight is 248 g/mol. The van der Waals surface area contributed by atoms with Crippen molar-refractivity contribution in [1.29, 1.82) is 0 Å². The minimum absolute atomic E-state index is 0.0293. The molecule has 0 saturated heterocycles. The maximum Gasteiger partial charge on any atom is 0.351 e. The van der Waals surface area contributed by atoms with Crippen LogP contribution in [0.1, 0.15) is 15.2 Å². The third-order valence-corrected chi connectivity index (χ3v) is 3.54. The van der Waals surface area contributed by atoms with E-state index in [1.54, 1.807) is 6.07 Å². The van der Waals surface area contributed by atoms with Gasteiger partial charge in [-0.2, -0.15) is 0 Å². The van der Waals surface area contributed by atoms with Gasteiger partial charge in [0.2, 0.25) is 0 Å². The second kappa shape index (κ2) is 4.59. The molecule has 1 heterocycles. The van der Waals surface area contributed by atoms with Gasteiger partial charge in [0.25, 0.3) is 0 Å². The zero-order valence-corrected chi connectivity index (χ0v) is 10.4. The van der Waals surface area contributed by atoms with Gasteiger partial charge in [0.15, 0.2) is 4.88 Å². The molecular formula is C13H12O3S. The minimum Gasteiger partial charge on any atom is -0.506 e. The summed E-state index contributed by atoms with van der Waals surface area (Å²) in [6.45, 7) is 2.00. The average Bonchev–Trinajstić information content (AvgIpc) is 2.70. The highest BCUT2D eigenvalue weighted by Gasteiger charge is 2.16. The zero-order valence-electron chi connectivity index (χ0n) is 9.56. The van der Waals surface area contributed by atoms with E-state index in [9.17, 15) is 9.90 Å². The van der Waals surface area contributed by atoms with E-state index in [1.165, 1.54) is 18.4 Å². The van der Waals surface area contributed by atoms with Gasteiger partial charge in [-0.25, -0.2) is 4.79 Å². The van der Waals surface area contributed by atoms with Crippen molar-refractivity contribution >= 4 is 17.3 Å². The van der Waals surface area contributed by atoms with E-state index >= 15 is 0 Å². The fourth-order valence-corrected chi connectivity index (χ4v) is 2.53. The summed E-state index contributed by atoms with van der Waals surface area (Å²) >= 11 is 1.23. The highest BCUT2D eigenvalue weighted by molar-refractivity contribution is 7.17. The Morgan fingerprint density at radius 2 is 2.12 bits per heavy atom. The minimum atomic E-state index is -0.508. The predicted molar refractivity (Wildman–Crippen MR) is 67.5 cm³/mol. The third kappa shape index (κ3) is 2.31. The lowest BCUT2D eigenvalue weighted by atomic mass is 10.1. The number of hydrogen-bond acceptors (Lipinski definition) is 4. The van der Waals surface area contributed by atoms with Crippen LogP contribution < -0.4 is 0 Å². The normalized spacial score (nSPS) is 10.2. The number of ether oxygens (including phenoxy) is 1. The Morgan fingerprint density at radius 3 is 2.76 bits per heavy atom. The van der Waals surface area contributed by atoms with E-state index in [-0.39, 0.29) is 10.6 Å². The van der Waals surface area contributed by atoms with Gasteiger partial charge in [0.05, 0.1) is 7.11 Å². The van der Waals surface area contributed by atoms with Crippen LogP contribution in [0.25, 0.3) is 10.4 Å². The first kappa shape index (κ1) is 11.7. The summed E-state index contributed by atoms with van der Waals surface area (Å²) in [7, 11) is 1.30. The Balaban J connectivity index is 2.44. The van der Waals surface area contributed by atoms with Crippen LogP contribution in [0.15, 0.2) is 30.3 Å². The molecule has 1 aromatic heterocycles. The molecule has 1 aromatic carbocycles. The Bertz CT molecular complexity index is 558. The Labute approximate surface area is 103 Å². The Hall–Kier alpha value is -1.81. The molecular weight excluding hydrogens is 236 g/mol. The maximum atomic E-state index is 11.4. The molecule has 0 bridgehead atoms. The first-order valence-electron chi connectivity index (χ1n) is 5.10. The van der Waals surface area contributed by atoms with Crippen LogP contribution in [0.5, 0.6) is 5.75 Å². The lowest BCUT2D eigenvalue weighted by molar-refractivity contribution is 0.0603. The van der Waals surface area contributed by atoms with Gasteiger partial charge in [0.1, 0.15) is 5.75 Å². The highest BCUT2D eigenvalue weighted by Crippen LogP contribution is 2.36. The number of thiophene rings is 1. The van der Waals surface area contributed by atoms with Crippen molar-refractivity contribution in [2.24, 2.45) is 0 Å². The molecule has 0 aliphatic rings. The van der Waals surface area contributed by atoms with Gasteiger partial charge in [-0.1, -0.05) is 29.8 Å². The predicted octanol–water partition coefficient (Wildman–Crippen LogP) is 3.22. The van der Waals surface area contributed by atoms with E-state index in [4.69, 9.17) is 0 Å². The molecule has 0 aliphatic heterocycles. The van der Waals surface area contributed by atoms with E-state index in [1.807, 2.05) is 31.2 Å². The number of carbonyl (C=O) groups excluding carboxylic acids is 1. The Morgan fingerprint density at radius 1 is 1.35 bits per heavy atom. The summed E-state index contributed by atoms with van der Waals surface area (Å²) in [6, 6.07) is 9.48. The van der Waals surface area contributed by atoms with Gasteiger partial charge < -0.3 is 9.84 Å². The summed E-state index contributed by atoms with van der Waals surface area (Å²) in [4.78, 5) is 12.5. The molecule has 0 saturated carbocycles. The van der Waals surface area contributed by atoms with E-state index in [0.717, 1.165) is 16.0 Å². The standard InChI is InChI=1S/C13H12O3S/c1-8-4-3-5-9(6-8)11-7-10(14)12(17-11)13(15)16-2/h3-7,14H,1-2H3. The monoisotopic (exact) mass is 248 g/mol. The van der Waals surface area contributed by atoms with Gasteiger partial charge in [-0.3, -0.25) is 0 Å². The smallest absolute Gasteiger partial charge is 0.351 e. The van der Waals surface area contributed by atoms with Crippen LogP contribution >= 0.6 is 11.3 Å². The number of methoxy groups -OCH3 is 1. The van der Waals surface area contributed by atoms with Gasteiger partial charge in [-0.15, -0.1) is 11.3 Å². The summed E-state index contributed by atoms with van der Waals surface area (Å²) < 4.78 is 4.60. The number of esters is 1. The van der Waals surface area contributed by atoms with Crippen molar-refractivity contribution in [2.45, 2.75) is 6.92 Å². The van der Waals surface area contributed by atoms with E-state index in [0.29, 0.717) is 0 Å². The SMILES string of the molecule is COC(=O)c1sc(-c2cccc(C)c2)cc1O. The largest absolute Gasteiger partial charge is 0.506 e. The first-order valence-corrected chi connectivity index (χ1v) is 5.91. The second-order valence-electron chi connectivity index (χ2n) is 3.69. The first-order chi connectivity index (χ1) is 8.11. The molecule has 0 unspecified atom stereocenters. The number of carbonyl (C=O) groups is 1. The molecule has 0 fully saturated rings. The Kier molecular flexibility index (Phi) is 3.15. The molecule has 2 aromatic rings.